The molecule has 0 fully saturated rings. The van der Waals surface area contributed by atoms with Gasteiger partial charge in [-0.3, -0.25) is 13.9 Å². The van der Waals surface area contributed by atoms with Crippen molar-refractivity contribution in [1.29, 1.82) is 0 Å². The second kappa shape index (κ2) is 14.9. The van der Waals surface area contributed by atoms with E-state index in [9.17, 15) is 22.4 Å². The highest BCUT2D eigenvalue weighted by Gasteiger charge is 2.34. The van der Waals surface area contributed by atoms with Crippen molar-refractivity contribution in [2.24, 2.45) is 0 Å². The molecule has 0 radical (unpaired) electrons. The van der Waals surface area contributed by atoms with Crippen LogP contribution in [-0.4, -0.2) is 51.4 Å². The summed E-state index contributed by atoms with van der Waals surface area (Å²) in [5.41, 5.74) is 1.47. The molecule has 0 saturated carbocycles. The zero-order valence-electron chi connectivity index (χ0n) is 24.3. The number of benzene rings is 4. The maximum absolute atomic E-state index is 14.4. The normalized spacial score (nSPS) is 11.8. The molecule has 4 aromatic carbocycles. The van der Waals surface area contributed by atoms with Gasteiger partial charge < -0.3 is 15.0 Å². The molecule has 0 aliphatic heterocycles. The van der Waals surface area contributed by atoms with Gasteiger partial charge >= 0.3 is 0 Å². The van der Waals surface area contributed by atoms with Crippen LogP contribution in [0.5, 0.6) is 5.75 Å². The number of sulfonamides is 1. The zero-order chi connectivity index (χ0) is 31.7. The van der Waals surface area contributed by atoms with Gasteiger partial charge in [0, 0.05) is 19.5 Å². The molecule has 0 saturated heterocycles. The monoisotopic (exact) mass is 637 g/mol. The Morgan fingerprint density at radius 1 is 0.909 bits per heavy atom. The Morgan fingerprint density at radius 3 is 2.20 bits per heavy atom. The van der Waals surface area contributed by atoms with E-state index in [2.05, 4.69) is 5.32 Å². The van der Waals surface area contributed by atoms with Gasteiger partial charge in [0.05, 0.1) is 22.7 Å². The largest absolute Gasteiger partial charge is 0.497 e. The third-order valence-corrected chi connectivity index (χ3v) is 8.99. The number of hydrogen-bond donors (Lipinski definition) is 1. The van der Waals surface area contributed by atoms with Crippen LogP contribution < -0.4 is 14.4 Å². The third-order valence-electron chi connectivity index (χ3n) is 6.91. The SMILES string of the molecule is CCNC(=O)[C@@H](Cc1ccccc1)N(Cc1cccc(OC)c1)C(=O)CN(c1ccc(F)c(Cl)c1)S(=O)(=O)c1ccccc1. The lowest BCUT2D eigenvalue weighted by molar-refractivity contribution is -0.140. The first-order chi connectivity index (χ1) is 21.1. The van der Waals surface area contributed by atoms with Crippen molar-refractivity contribution in [2.45, 2.75) is 30.8 Å². The van der Waals surface area contributed by atoms with Gasteiger partial charge in [-0.2, -0.15) is 0 Å². The van der Waals surface area contributed by atoms with E-state index in [4.69, 9.17) is 16.3 Å². The Kier molecular flexibility index (Phi) is 11.0. The van der Waals surface area contributed by atoms with Gasteiger partial charge in [-0.15, -0.1) is 0 Å². The van der Waals surface area contributed by atoms with Crippen LogP contribution in [-0.2, 0) is 32.6 Å². The van der Waals surface area contributed by atoms with Crippen molar-refractivity contribution in [2.75, 3.05) is 24.5 Å². The molecule has 4 rings (SSSR count). The summed E-state index contributed by atoms with van der Waals surface area (Å²) in [4.78, 5) is 29.2. The van der Waals surface area contributed by atoms with Crippen molar-refractivity contribution in [3.05, 3.63) is 125 Å². The Morgan fingerprint density at radius 2 is 1.57 bits per heavy atom. The minimum absolute atomic E-state index is 0.00690. The second-order valence-corrected chi connectivity index (χ2v) is 12.2. The summed E-state index contributed by atoms with van der Waals surface area (Å²) in [5.74, 6) is -1.23. The maximum Gasteiger partial charge on any atom is 0.264 e. The van der Waals surface area contributed by atoms with Gasteiger partial charge in [-0.1, -0.05) is 72.3 Å². The lowest BCUT2D eigenvalue weighted by atomic mass is 10.0. The molecule has 1 atom stereocenters. The molecule has 11 heteroatoms. The van der Waals surface area contributed by atoms with E-state index in [1.165, 1.54) is 30.2 Å². The van der Waals surface area contributed by atoms with E-state index in [1.54, 1.807) is 49.4 Å². The molecule has 0 unspecified atom stereocenters. The first-order valence-corrected chi connectivity index (χ1v) is 15.7. The summed E-state index contributed by atoms with van der Waals surface area (Å²) in [6.45, 7) is 1.40. The van der Waals surface area contributed by atoms with E-state index < -0.39 is 40.2 Å². The molecule has 8 nitrogen and oxygen atoms in total. The molecule has 0 aromatic heterocycles. The minimum atomic E-state index is -4.33. The quantitative estimate of drug-likeness (QED) is 0.210. The average molecular weight is 638 g/mol. The molecule has 4 aromatic rings. The van der Waals surface area contributed by atoms with Gasteiger partial charge in [0.1, 0.15) is 24.2 Å². The number of hydrogen-bond acceptors (Lipinski definition) is 5. The Labute approximate surface area is 262 Å². The number of carbonyl (C=O) groups is 2. The lowest BCUT2D eigenvalue weighted by Crippen LogP contribution is -2.53. The number of anilines is 1. The van der Waals surface area contributed by atoms with Gasteiger partial charge in [0.25, 0.3) is 10.0 Å². The van der Waals surface area contributed by atoms with Gasteiger partial charge in [0.15, 0.2) is 0 Å². The van der Waals surface area contributed by atoms with Crippen LogP contribution >= 0.6 is 11.6 Å². The van der Waals surface area contributed by atoms with E-state index >= 15 is 0 Å². The molecular formula is C33H33ClFN3O5S. The van der Waals surface area contributed by atoms with Crippen LogP contribution in [0, 0.1) is 5.82 Å². The predicted octanol–water partition coefficient (Wildman–Crippen LogP) is 5.46. The Balaban J connectivity index is 1.81. The zero-order valence-corrected chi connectivity index (χ0v) is 25.9. The van der Waals surface area contributed by atoms with Crippen LogP contribution in [0.1, 0.15) is 18.1 Å². The summed E-state index contributed by atoms with van der Waals surface area (Å²) < 4.78 is 48.3. The Bertz CT molecular complexity index is 1690. The number of nitrogens with zero attached hydrogens (tertiary/aromatic N) is 2. The van der Waals surface area contributed by atoms with Gasteiger partial charge in [-0.05, 0) is 60.5 Å². The standard InChI is InChI=1S/C33H33ClFN3O5S/c1-3-36-33(40)31(20-24-11-6-4-7-12-24)37(22-25-13-10-14-27(19-25)43-2)32(39)23-38(26-17-18-30(35)29(34)21-26)44(41,42)28-15-8-5-9-16-28/h4-19,21,31H,3,20,22-23H2,1-2H3,(H,36,40)/t31-/m1/s1. The fourth-order valence-corrected chi connectivity index (χ4v) is 6.30. The average Bonchev–Trinajstić information content (AvgIpc) is 3.03. The molecule has 0 aliphatic rings. The van der Waals surface area contributed by atoms with Crippen LogP contribution in [0.25, 0.3) is 0 Å². The highest BCUT2D eigenvalue weighted by atomic mass is 35.5. The first kappa shape index (κ1) is 32.5. The number of ether oxygens (including phenoxy) is 1. The third kappa shape index (κ3) is 7.94. The van der Waals surface area contributed by atoms with Crippen LogP contribution in [0.2, 0.25) is 5.02 Å². The van der Waals surface area contributed by atoms with Crippen molar-refractivity contribution in [1.82, 2.24) is 10.2 Å². The molecule has 0 heterocycles. The topological polar surface area (TPSA) is 96.0 Å². The summed E-state index contributed by atoms with van der Waals surface area (Å²) in [6.07, 6.45) is 0.177. The van der Waals surface area contributed by atoms with Crippen LogP contribution in [0.4, 0.5) is 10.1 Å². The number of methoxy groups -OCH3 is 1. The molecule has 0 spiro atoms. The minimum Gasteiger partial charge on any atom is -0.497 e. The summed E-state index contributed by atoms with van der Waals surface area (Å²) >= 11 is 6.05. The van der Waals surface area contributed by atoms with Crippen molar-refractivity contribution in [3.8, 4) is 5.75 Å². The number of rotatable bonds is 13. The van der Waals surface area contributed by atoms with E-state index in [0.29, 0.717) is 17.9 Å². The lowest BCUT2D eigenvalue weighted by Gasteiger charge is -2.34. The Hall–Kier alpha value is -4.41. The second-order valence-electron chi connectivity index (χ2n) is 9.90. The summed E-state index contributed by atoms with van der Waals surface area (Å²) in [7, 11) is -2.80. The number of carbonyl (C=O) groups excluding carboxylic acids is 2. The number of amides is 2. The van der Waals surface area contributed by atoms with E-state index in [-0.39, 0.29) is 28.6 Å². The predicted molar refractivity (Wildman–Crippen MR) is 169 cm³/mol. The fraction of sp³-hybridized carbons (Fsp3) is 0.212. The van der Waals surface area contributed by atoms with Gasteiger partial charge in [-0.25, -0.2) is 12.8 Å². The molecule has 230 valence electrons. The molecule has 44 heavy (non-hydrogen) atoms. The van der Waals surface area contributed by atoms with Crippen molar-refractivity contribution >= 4 is 39.1 Å². The molecule has 2 amide bonds. The maximum atomic E-state index is 14.4. The van der Waals surface area contributed by atoms with E-state index in [1.807, 2.05) is 30.3 Å². The van der Waals surface area contributed by atoms with E-state index in [0.717, 1.165) is 22.0 Å². The molecule has 0 aliphatic carbocycles. The van der Waals surface area contributed by atoms with Crippen molar-refractivity contribution < 1.29 is 27.1 Å². The molecule has 1 N–H and O–H groups in total. The summed E-state index contributed by atoms with van der Waals surface area (Å²) in [5, 5.41) is 2.51. The smallest absolute Gasteiger partial charge is 0.264 e. The highest BCUT2D eigenvalue weighted by Crippen LogP contribution is 2.28. The number of halogens is 2. The highest BCUT2D eigenvalue weighted by molar-refractivity contribution is 7.92. The molecular weight excluding hydrogens is 605 g/mol. The van der Waals surface area contributed by atoms with Gasteiger partial charge in [0.2, 0.25) is 11.8 Å². The van der Waals surface area contributed by atoms with Crippen molar-refractivity contribution in [3.63, 3.8) is 0 Å². The van der Waals surface area contributed by atoms with Crippen LogP contribution in [0.15, 0.2) is 108 Å². The summed E-state index contributed by atoms with van der Waals surface area (Å²) in [6, 6.07) is 26.3. The number of nitrogens with one attached hydrogen (secondary N) is 1. The number of likely N-dealkylation sites (N-methyl/N-ethyl adjacent to an activating group) is 1. The first-order valence-electron chi connectivity index (χ1n) is 13.9. The fourth-order valence-electron chi connectivity index (χ4n) is 4.70. The van der Waals surface area contributed by atoms with Crippen LogP contribution in [0.3, 0.4) is 0 Å². The molecule has 0 bridgehead atoms.